The van der Waals surface area contributed by atoms with Crippen LogP contribution < -0.4 is 5.11 Å². The first kappa shape index (κ1) is 89.9. The normalized spacial score (nSPS) is 13.6. The molecule has 0 aromatic carbocycles. The number of carbonyl (C=O) groups excluding carboxylic acids is 3. The summed E-state index contributed by atoms with van der Waals surface area (Å²) in [5, 5.41) is 11.9. The van der Waals surface area contributed by atoms with Gasteiger partial charge in [-0.3, -0.25) is 9.59 Å². The van der Waals surface area contributed by atoms with Gasteiger partial charge in [-0.25, -0.2) is 0 Å². The lowest BCUT2D eigenvalue weighted by Gasteiger charge is -2.26. The SMILES string of the molecule is CC/C=C\C/C=C\C/C=C\C/C=C\C/C=C\C/C=C\C/C=C\CCCCCCCCCCCC(=O)OC(COC(=O)CCCCCCCCCCCCCCCCCCCCCC/C=C\C/C=C\C/C=C\C/C=C\C/C=C\C/C=C\CC)COC(OCC[N+](C)(C)C)C(=O)[O-]. The van der Waals surface area contributed by atoms with E-state index < -0.39 is 24.3 Å². The number of quaternary nitrogens is 1. The molecule has 95 heavy (non-hydrogen) atoms. The predicted octanol–water partition coefficient (Wildman–Crippen LogP) is 23.5. The topological polar surface area (TPSA) is 111 Å². The van der Waals surface area contributed by atoms with Crippen LogP contribution in [0.4, 0.5) is 0 Å². The Hall–Kier alpha value is -5.09. The number of hydrogen-bond donors (Lipinski definition) is 0. The molecule has 0 aliphatic heterocycles. The van der Waals surface area contributed by atoms with Crippen LogP contribution in [-0.2, 0) is 33.3 Å². The molecule has 0 amide bonds. The van der Waals surface area contributed by atoms with Crippen molar-refractivity contribution in [2.75, 3.05) is 47.5 Å². The first-order valence-electron chi connectivity index (χ1n) is 38.6. The zero-order valence-corrected chi connectivity index (χ0v) is 61.7. The molecule has 0 heterocycles. The van der Waals surface area contributed by atoms with Crippen LogP contribution in [0.15, 0.2) is 158 Å². The molecule has 540 valence electrons. The minimum atomic E-state index is -1.63. The summed E-state index contributed by atoms with van der Waals surface area (Å²) in [6.45, 7) is 4.52. The Labute approximate surface area is 584 Å². The molecule has 0 bridgehead atoms. The summed E-state index contributed by atoms with van der Waals surface area (Å²) in [6, 6.07) is 0. The molecule has 0 aliphatic carbocycles. The fraction of sp³-hybridized carbons (Fsp3) is 0.663. The number of carbonyl (C=O) groups is 3. The van der Waals surface area contributed by atoms with E-state index in [0.717, 1.165) is 128 Å². The summed E-state index contributed by atoms with van der Waals surface area (Å²) in [6.07, 6.45) is 108. The molecular formula is C86H143NO8. The number of esters is 2. The van der Waals surface area contributed by atoms with Crippen molar-refractivity contribution in [3.05, 3.63) is 158 Å². The molecule has 0 spiro atoms. The van der Waals surface area contributed by atoms with Crippen LogP contribution >= 0.6 is 0 Å². The molecule has 2 atom stereocenters. The van der Waals surface area contributed by atoms with Crippen molar-refractivity contribution in [2.24, 2.45) is 0 Å². The highest BCUT2D eigenvalue weighted by atomic mass is 16.7. The predicted molar refractivity (Wildman–Crippen MR) is 407 cm³/mol. The third-order valence-corrected chi connectivity index (χ3v) is 16.3. The van der Waals surface area contributed by atoms with Crippen LogP contribution in [-0.4, -0.2) is 82.3 Å². The number of allylic oxidation sites excluding steroid dienone is 26. The van der Waals surface area contributed by atoms with Gasteiger partial charge < -0.3 is 33.3 Å². The number of ether oxygens (including phenoxy) is 4. The number of likely N-dealkylation sites (N-methyl/N-ethyl adjacent to an activating group) is 1. The number of rotatable bonds is 70. The fourth-order valence-electron chi connectivity index (χ4n) is 10.5. The monoisotopic (exact) mass is 1320 g/mol. The molecule has 0 rings (SSSR count). The number of unbranched alkanes of at least 4 members (excludes halogenated alkanes) is 29. The maximum Gasteiger partial charge on any atom is 0.306 e. The zero-order valence-electron chi connectivity index (χ0n) is 61.7. The van der Waals surface area contributed by atoms with Crippen LogP contribution in [0.25, 0.3) is 0 Å². The van der Waals surface area contributed by atoms with Crippen molar-refractivity contribution < 1.29 is 42.9 Å². The van der Waals surface area contributed by atoms with Gasteiger partial charge in [0.2, 0.25) is 0 Å². The van der Waals surface area contributed by atoms with E-state index in [0.29, 0.717) is 17.4 Å². The van der Waals surface area contributed by atoms with E-state index in [1.54, 1.807) is 0 Å². The van der Waals surface area contributed by atoms with E-state index in [-0.39, 0.29) is 38.6 Å². The first-order chi connectivity index (χ1) is 46.6. The van der Waals surface area contributed by atoms with Gasteiger partial charge in [-0.15, -0.1) is 0 Å². The average molecular weight is 1320 g/mol. The van der Waals surface area contributed by atoms with E-state index in [4.69, 9.17) is 18.9 Å². The Morgan fingerprint density at radius 2 is 0.568 bits per heavy atom. The lowest BCUT2D eigenvalue weighted by atomic mass is 10.0. The standard InChI is InChI=1S/C86H143NO8/c1-6-8-10-12-14-16-18-20-22-24-26-28-30-32-34-36-38-39-40-41-42-43-44-45-47-48-50-52-54-56-58-60-62-64-66-68-70-72-74-76-83(88)93-80-82(81-94-86(85(90)91)92-79-78-87(3,4)5)95-84(89)77-75-73-71-69-67-65-63-61-59-57-55-53-51-49-46-37-35-33-31-29-27-25-23-21-19-17-15-13-11-9-7-2/h8-11,14-17,20-23,26-29,32-35,38-39,46,49,53,55,82,86H,6-7,12-13,18-19,24-25,30-31,36-37,40-45,47-48,50-52,54,56-81H2,1-5H3/b10-8-,11-9-,16-14-,17-15-,22-20-,23-21-,28-26-,29-27-,34-32-,35-33-,39-38-,49-46-,55-53-. The lowest BCUT2D eigenvalue weighted by Crippen LogP contribution is -2.44. The summed E-state index contributed by atoms with van der Waals surface area (Å²) in [7, 11) is 5.93. The Kier molecular flexibility index (Phi) is 70.7. The summed E-state index contributed by atoms with van der Waals surface area (Å²) < 4.78 is 22.8. The van der Waals surface area contributed by atoms with E-state index >= 15 is 0 Å². The van der Waals surface area contributed by atoms with Crippen molar-refractivity contribution >= 4 is 17.9 Å². The van der Waals surface area contributed by atoms with E-state index in [1.165, 1.54) is 148 Å². The molecular weight excluding hydrogens is 1170 g/mol. The second-order valence-electron chi connectivity index (χ2n) is 26.5. The molecule has 9 heteroatoms. The van der Waals surface area contributed by atoms with Crippen LogP contribution in [0.2, 0.25) is 0 Å². The first-order valence-corrected chi connectivity index (χ1v) is 38.6. The van der Waals surface area contributed by atoms with Crippen LogP contribution in [0.5, 0.6) is 0 Å². The zero-order chi connectivity index (χ0) is 69.0. The van der Waals surface area contributed by atoms with Crippen LogP contribution in [0.3, 0.4) is 0 Å². The molecule has 0 saturated carbocycles. The second-order valence-corrected chi connectivity index (χ2v) is 26.5. The fourth-order valence-corrected chi connectivity index (χ4v) is 10.5. The van der Waals surface area contributed by atoms with Crippen molar-refractivity contribution in [3.8, 4) is 0 Å². The van der Waals surface area contributed by atoms with Crippen molar-refractivity contribution in [3.63, 3.8) is 0 Å². The van der Waals surface area contributed by atoms with Gasteiger partial charge in [0.05, 0.1) is 40.3 Å². The molecule has 0 N–H and O–H groups in total. The molecule has 2 unspecified atom stereocenters. The molecule has 0 fully saturated rings. The van der Waals surface area contributed by atoms with E-state index in [9.17, 15) is 19.5 Å². The van der Waals surface area contributed by atoms with Gasteiger partial charge in [0.25, 0.3) is 0 Å². The van der Waals surface area contributed by atoms with E-state index in [2.05, 4.69) is 172 Å². The molecule has 0 aromatic rings. The van der Waals surface area contributed by atoms with Crippen molar-refractivity contribution in [1.29, 1.82) is 0 Å². The highest BCUT2D eigenvalue weighted by Crippen LogP contribution is 2.18. The highest BCUT2D eigenvalue weighted by molar-refractivity contribution is 5.70. The number of aliphatic carboxylic acids is 1. The third kappa shape index (κ3) is 76.1. The molecule has 0 radical (unpaired) electrons. The highest BCUT2D eigenvalue weighted by Gasteiger charge is 2.22. The summed E-state index contributed by atoms with van der Waals surface area (Å²) in [5.74, 6) is -2.29. The van der Waals surface area contributed by atoms with Crippen LogP contribution in [0, 0.1) is 0 Å². The van der Waals surface area contributed by atoms with Gasteiger partial charge in [0.1, 0.15) is 13.2 Å². The molecule has 0 aliphatic rings. The Morgan fingerprint density at radius 1 is 0.316 bits per heavy atom. The quantitative estimate of drug-likeness (QED) is 0.0195. The number of carboxylic acid groups (broad SMARTS) is 1. The minimum Gasteiger partial charge on any atom is -0.545 e. The van der Waals surface area contributed by atoms with E-state index in [1.807, 2.05) is 21.1 Å². The maximum atomic E-state index is 13.0. The number of carboxylic acids is 1. The molecule has 9 nitrogen and oxygen atoms in total. The molecule has 0 aromatic heterocycles. The van der Waals surface area contributed by atoms with Gasteiger partial charge >= 0.3 is 11.9 Å². The third-order valence-electron chi connectivity index (χ3n) is 16.3. The largest absolute Gasteiger partial charge is 0.545 e. The smallest absolute Gasteiger partial charge is 0.306 e. The summed E-state index contributed by atoms with van der Waals surface area (Å²) in [4.78, 5) is 37.6. The Morgan fingerprint density at radius 3 is 0.842 bits per heavy atom. The average Bonchev–Trinajstić information content (AvgIpc) is 3.24. The lowest BCUT2D eigenvalue weighted by molar-refractivity contribution is -0.870. The maximum absolute atomic E-state index is 13.0. The van der Waals surface area contributed by atoms with Gasteiger partial charge in [-0.05, 0) is 122 Å². The van der Waals surface area contributed by atoms with Crippen LogP contribution in [0.1, 0.15) is 309 Å². The van der Waals surface area contributed by atoms with Gasteiger partial charge in [0.15, 0.2) is 12.4 Å². The summed E-state index contributed by atoms with van der Waals surface area (Å²) >= 11 is 0. The number of hydrogen-bond acceptors (Lipinski definition) is 8. The Bertz CT molecular complexity index is 2130. The second kappa shape index (κ2) is 74.7. The molecule has 0 saturated heterocycles. The van der Waals surface area contributed by atoms with Crippen molar-refractivity contribution in [1.82, 2.24) is 0 Å². The van der Waals surface area contributed by atoms with Gasteiger partial charge in [-0.2, -0.15) is 0 Å². The Balaban J connectivity index is 4.07. The van der Waals surface area contributed by atoms with Gasteiger partial charge in [-0.1, -0.05) is 332 Å². The van der Waals surface area contributed by atoms with Gasteiger partial charge in [0, 0.05) is 12.8 Å². The van der Waals surface area contributed by atoms with Crippen molar-refractivity contribution in [2.45, 2.75) is 322 Å². The summed E-state index contributed by atoms with van der Waals surface area (Å²) in [5.41, 5.74) is 0. The minimum absolute atomic E-state index is 0.141. The number of nitrogens with zero attached hydrogens (tertiary/aromatic N) is 1.